The van der Waals surface area contributed by atoms with Crippen LogP contribution in [0.15, 0.2) is 30.6 Å². The van der Waals surface area contributed by atoms with E-state index in [-0.39, 0.29) is 30.3 Å². The van der Waals surface area contributed by atoms with E-state index in [1.807, 2.05) is 30.9 Å². The first-order valence-corrected chi connectivity index (χ1v) is 7.98. The summed E-state index contributed by atoms with van der Waals surface area (Å²) in [6.07, 6.45) is 6.54. The molecule has 2 aromatic heterocycles. The number of pyridine rings is 1. The Morgan fingerprint density at radius 1 is 1.26 bits per heavy atom. The van der Waals surface area contributed by atoms with Crippen LogP contribution in [0.3, 0.4) is 0 Å². The first-order valence-electron chi connectivity index (χ1n) is 7.98. The highest BCUT2D eigenvalue weighted by Gasteiger charge is 2.29. The van der Waals surface area contributed by atoms with E-state index in [1.54, 1.807) is 22.9 Å². The van der Waals surface area contributed by atoms with Crippen LogP contribution in [0.4, 0.5) is 0 Å². The predicted octanol–water partition coefficient (Wildman–Crippen LogP) is 2.28. The van der Waals surface area contributed by atoms with Crippen LogP contribution in [0.2, 0.25) is 0 Å². The number of carbonyl (C=O) groups excluding carboxylic acids is 2. The molecular formula is C17H21N3O3. The number of likely N-dealkylation sites (tertiary alicyclic amines) is 1. The van der Waals surface area contributed by atoms with Crippen molar-refractivity contribution in [2.24, 2.45) is 0 Å². The Morgan fingerprint density at radius 3 is 2.70 bits per heavy atom. The fourth-order valence-corrected chi connectivity index (χ4v) is 3.22. The zero-order valence-corrected chi connectivity index (χ0v) is 13.4. The highest BCUT2D eigenvalue weighted by molar-refractivity contribution is 5.90. The summed E-state index contributed by atoms with van der Waals surface area (Å²) in [5.41, 5.74) is 0.882. The molecule has 3 rings (SSSR count). The lowest BCUT2D eigenvalue weighted by Gasteiger charge is -2.38. The standard InChI is InChI=1S/C17H21N3O3/c1-12-6-5-7-13(2)20(12)16(21)11-23-17(22)14-10-19-9-4-3-8-15(19)18-14/h3-4,8-10,12-13H,5-7,11H2,1-2H3/t12-,13-/m0/s1. The normalized spacial score (nSPS) is 21.4. The van der Waals surface area contributed by atoms with Crippen molar-refractivity contribution in [3.8, 4) is 0 Å². The summed E-state index contributed by atoms with van der Waals surface area (Å²) in [7, 11) is 0. The van der Waals surface area contributed by atoms with Crippen LogP contribution >= 0.6 is 0 Å². The van der Waals surface area contributed by atoms with E-state index in [0.29, 0.717) is 5.65 Å². The highest BCUT2D eigenvalue weighted by Crippen LogP contribution is 2.22. The van der Waals surface area contributed by atoms with Gasteiger partial charge in [-0.2, -0.15) is 0 Å². The van der Waals surface area contributed by atoms with Gasteiger partial charge in [0.25, 0.3) is 5.91 Å². The second kappa shape index (κ2) is 6.40. The van der Waals surface area contributed by atoms with E-state index >= 15 is 0 Å². The van der Waals surface area contributed by atoms with Crippen LogP contribution < -0.4 is 0 Å². The van der Waals surface area contributed by atoms with Crippen LogP contribution in [0.5, 0.6) is 0 Å². The van der Waals surface area contributed by atoms with E-state index in [2.05, 4.69) is 4.98 Å². The van der Waals surface area contributed by atoms with Crippen molar-refractivity contribution in [1.82, 2.24) is 14.3 Å². The lowest BCUT2D eigenvalue weighted by atomic mass is 9.97. The minimum absolute atomic E-state index is 0.137. The van der Waals surface area contributed by atoms with Gasteiger partial charge in [-0.3, -0.25) is 4.79 Å². The first kappa shape index (κ1) is 15.5. The summed E-state index contributed by atoms with van der Waals surface area (Å²) in [6.45, 7) is 3.84. The van der Waals surface area contributed by atoms with Crippen LogP contribution in [-0.2, 0) is 9.53 Å². The summed E-state index contributed by atoms with van der Waals surface area (Å²) in [5, 5.41) is 0. The Kier molecular flexibility index (Phi) is 4.32. The van der Waals surface area contributed by atoms with Crippen molar-refractivity contribution < 1.29 is 14.3 Å². The third-order valence-electron chi connectivity index (χ3n) is 4.38. The van der Waals surface area contributed by atoms with Crippen molar-refractivity contribution in [3.63, 3.8) is 0 Å². The Labute approximate surface area is 135 Å². The number of carbonyl (C=O) groups is 2. The second-order valence-corrected chi connectivity index (χ2v) is 6.10. The van der Waals surface area contributed by atoms with Crippen molar-refractivity contribution in [2.75, 3.05) is 6.61 Å². The fraction of sp³-hybridized carbons (Fsp3) is 0.471. The molecule has 1 aliphatic heterocycles. The van der Waals surface area contributed by atoms with Crippen LogP contribution in [0, 0.1) is 0 Å². The minimum Gasteiger partial charge on any atom is -0.451 e. The molecule has 23 heavy (non-hydrogen) atoms. The molecule has 0 radical (unpaired) electrons. The zero-order valence-electron chi connectivity index (χ0n) is 13.4. The third-order valence-corrected chi connectivity index (χ3v) is 4.38. The van der Waals surface area contributed by atoms with Gasteiger partial charge in [-0.15, -0.1) is 0 Å². The lowest BCUT2D eigenvalue weighted by molar-refractivity contribution is -0.140. The Bertz CT molecular complexity index is 682. The number of fused-ring (bicyclic) bond motifs is 1. The van der Waals surface area contributed by atoms with Gasteiger partial charge < -0.3 is 14.0 Å². The number of ether oxygens (including phenoxy) is 1. The Hall–Kier alpha value is -2.37. The number of amides is 1. The van der Waals surface area contributed by atoms with Gasteiger partial charge in [0.2, 0.25) is 0 Å². The minimum atomic E-state index is -0.570. The molecule has 1 amide bonds. The molecule has 122 valence electrons. The highest BCUT2D eigenvalue weighted by atomic mass is 16.5. The van der Waals surface area contributed by atoms with Gasteiger partial charge in [-0.05, 0) is 45.2 Å². The summed E-state index contributed by atoms with van der Waals surface area (Å²) >= 11 is 0. The maximum absolute atomic E-state index is 12.3. The average Bonchev–Trinajstić information content (AvgIpc) is 2.96. The van der Waals surface area contributed by atoms with Crippen LogP contribution in [-0.4, -0.2) is 44.9 Å². The Balaban J connectivity index is 1.63. The number of esters is 1. The van der Waals surface area contributed by atoms with E-state index in [0.717, 1.165) is 19.3 Å². The molecule has 6 heteroatoms. The maximum Gasteiger partial charge on any atom is 0.359 e. The van der Waals surface area contributed by atoms with Gasteiger partial charge in [-0.25, -0.2) is 9.78 Å². The van der Waals surface area contributed by atoms with E-state index in [4.69, 9.17) is 4.74 Å². The quantitative estimate of drug-likeness (QED) is 0.815. The SMILES string of the molecule is C[C@H]1CCC[C@H](C)N1C(=O)COC(=O)c1cn2ccccc2n1. The molecule has 0 spiro atoms. The van der Waals surface area contributed by atoms with Gasteiger partial charge in [0.05, 0.1) is 0 Å². The fourth-order valence-electron chi connectivity index (χ4n) is 3.22. The topological polar surface area (TPSA) is 63.9 Å². The van der Waals surface area contributed by atoms with Gasteiger partial charge in [0.1, 0.15) is 5.65 Å². The molecule has 0 saturated carbocycles. The molecule has 1 aliphatic rings. The molecule has 3 heterocycles. The van der Waals surface area contributed by atoms with Gasteiger partial charge in [0.15, 0.2) is 12.3 Å². The van der Waals surface area contributed by atoms with Crippen LogP contribution in [0.1, 0.15) is 43.6 Å². The summed E-state index contributed by atoms with van der Waals surface area (Å²) in [6, 6.07) is 5.89. The van der Waals surface area contributed by atoms with Gasteiger partial charge >= 0.3 is 5.97 Å². The number of hydrogen-bond donors (Lipinski definition) is 0. The van der Waals surface area contributed by atoms with E-state index in [9.17, 15) is 9.59 Å². The summed E-state index contributed by atoms with van der Waals surface area (Å²) in [5.74, 6) is -0.707. The predicted molar refractivity (Wildman–Crippen MR) is 85.1 cm³/mol. The van der Waals surface area contributed by atoms with Crippen molar-refractivity contribution in [1.29, 1.82) is 0 Å². The lowest BCUT2D eigenvalue weighted by Crippen LogP contribution is -2.49. The molecule has 2 atom stereocenters. The zero-order chi connectivity index (χ0) is 16.4. The molecule has 0 bridgehead atoms. The molecule has 2 aromatic rings. The summed E-state index contributed by atoms with van der Waals surface area (Å²) in [4.78, 5) is 30.5. The number of hydrogen-bond acceptors (Lipinski definition) is 4. The van der Waals surface area contributed by atoms with Crippen molar-refractivity contribution in [2.45, 2.75) is 45.2 Å². The number of aromatic nitrogens is 2. The number of rotatable bonds is 3. The van der Waals surface area contributed by atoms with E-state index in [1.165, 1.54) is 0 Å². The molecule has 0 aliphatic carbocycles. The molecule has 1 fully saturated rings. The third kappa shape index (κ3) is 3.21. The maximum atomic E-state index is 12.3. The van der Waals surface area contributed by atoms with Crippen molar-refractivity contribution >= 4 is 17.5 Å². The number of piperidine rings is 1. The second-order valence-electron chi connectivity index (χ2n) is 6.10. The molecule has 0 unspecified atom stereocenters. The molecule has 0 N–H and O–H groups in total. The van der Waals surface area contributed by atoms with Crippen molar-refractivity contribution in [3.05, 3.63) is 36.3 Å². The molecular weight excluding hydrogens is 294 g/mol. The summed E-state index contributed by atoms with van der Waals surface area (Å²) < 4.78 is 6.91. The monoisotopic (exact) mass is 315 g/mol. The van der Waals surface area contributed by atoms with E-state index < -0.39 is 5.97 Å². The van der Waals surface area contributed by atoms with Gasteiger partial charge in [-0.1, -0.05) is 6.07 Å². The van der Waals surface area contributed by atoms with Crippen LogP contribution in [0.25, 0.3) is 5.65 Å². The average molecular weight is 315 g/mol. The first-order chi connectivity index (χ1) is 11.1. The molecule has 1 saturated heterocycles. The Morgan fingerprint density at radius 2 is 2.00 bits per heavy atom. The largest absolute Gasteiger partial charge is 0.451 e. The van der Waals surface area contributed by atoms with Gasteiger partial charge in [0, 0.05) is 24.5 Å². The molecule has 0 aromatic carbocycles. The molecule has 6 nitrogen and oxygen atoms in total. The number of imidazole rings is 1. The number of nitrogens with zero attached hydrogens (tertiary/aromatic N) is 3. The smallest absolute Gasteiger partial charge is 0.359 e.